The number of alkyl halides is 3. The Morgan fingerprint density at radius 1 is 0.920 bits per heavy atom. The first-order valence-electron chi connectivity index (χ1n) is 15.3. The van der Waals surface area contributed by atoms with Crippen LogP contribution in [0.2, 0.25) is 5.02 Å². The molecular formula is C32H34ClF3N10O4. The van der Waals surface area contributed by atoms with E-state index in [0.29, 0.717) is 16.3 Å². The molecule has 2 heterocycles. The number of amides is 3. The number of benzene rings is 2. The van der Waals surface area contributed by atoms with Gasteiger partial charge >= 0.3 is 24.0 Å². The third-order valence-electron chi connectivity index (χ3n) is 7.49. The summed E-state index contributed by atoms with van der Waals surface area (Å²) in [7, 11) is 1.72. The molecule has 1 fully saturated rings. The number of nitrogens with zero attached hydrogens (tertiary/aromatic N) is 5. The minimum Gasteiger partial charge on any atom is -0.454 e. The maximum Gasteiger partial charge on any atom is 0.422 e. The van der Waals surface area contributed by atoms with Gasteiger partial charge in [0.1, 0.15) is 0 Å². The zero-order valence-electron chi connectivity index (χ0n) is 27.2. The maximum atomic E-state index is 12.9. The summed E-state index contributed by atoms with van der Waals surface area (Å²) in [6.45, 7) is 2.30. The number of imidazole rings is 1. The molecule has 0 aliphatic heterocycles. The molecule has 50 heavy (non-hydrogen) atoms. The summed E-state index contributed by atoms with van der Waals surface area (Å²) in [5.74, 6) is -1.93. The smallest absolute Gasteiger partial charge is 0.422 e. The monoisotopic (exact) mass is 714 g/mol. The summed E-state index contributed by atoms with van der Waals surface area (Å²) < 4.78 is 45.2. The Bertz CT molecular complexity index is 1850. The molecule has 2 aromatic carbocycles. The summed E-state index contributed by atoms with van der Waals surface area (Å²) in [6.07, 6.45) is -0.0981. The van der Waals surface area contributed by atoms with Gasteiger partial charge in [0.05, 0.1) is 11.9 Å². The Balaban J connectivity index is 1.18. The van der Waals surface area contributed by atoms with Crippen LogP contribution in [0.3, 0.4) is 0 Å². The van der Waals surface area contributed by atoms with Crippen molar-refractivity contribution in [3.8, 4) is 6.01 Å². The van der Waals surface area contributed by atoms with Crippen molar-refractivity contribution in [2.24, 2.45) is 12.5 Å². The molecule has 3 amide bonds. The third kappa shape index (κ3) is 10.0. The number of rotatable bonds is 13. The molecule has 1 saturated carbocycles. The van der Waals surface area contributed by atoms with Crippen LogP contribution in [-0.2, 0) is 22.2 Å². The summed E-state index contributed by atoms with van der Waals surface area (Å²) in [5, 5.41) is 14.5. The van der Waals surface area contributed by atoms with Crippen LogP contribution >= 0.6 is 11.6 Å². The summed E-state index contributed by atoms with van der Waals surface area (Å²) in [5.41, 5.74) is 0.540. The first kappa shape index (κ1) is 35.8. The van der Waals surface area contributed by atoms with Gasteiger partial charge in [0, 0.05) is 42.6 Å². The number of ether oxygens (including phenoxy) is 1. The molecule has 0 saturated heterocycles. The molecule has 0 bridgehead atoms. The quantitative estimate of drug-likeness (QED) is 0.124. The maximum absolute atomic E-state index is 12.9. The molecule has 0 spiro atoms. The molecule has 4 aromatic rings. The third-order valence-corrected chi connectivity index (χ3v) is 7.74. The van der Waals surface area contributed by atoms with E-state index in [1.54, 1.807) is 42.1 Å². The minimum absolute atomic E-state index is 0.00996. The van der Waals surface area contributed by atoms with Crippen molar-refractivity contribution in [3.63, 3.8) is 0 Å². The van der Waals surface area contributed by atoms with Gasteiger partial charge in [-0.2, -0.15) is 28.1 Å². The standard InChI is InChI=1S/C32H34ClF3N10O4/c1-30(2,16-38-25(48)26(49)41-23-14-46(3)18-39-23)15-37-24(47)19-4-10-22(11-5-19)40-27-42-28(44-29(43-27)50-17-32(34,35)36)45-31(12-13-31)20-6-8-21(33)9-7-20/h4-11,14,18H,12-13,15-17H2,1-3H3,(H,37,47)(H,38,48)(H,41,49)(H2,40,42,43,44,45). The van der Waals surface area contributed by atoms with E-state index in [1.807, 2.05) is 26.0 Å². The molecule has 18 heteroatoms. The first-order chi connectivity index (χ1) is 23.6. The number of anilines is 4. The molecule has 5 rings (SSSR count). The van der Waals surface area contributed by atoms with Crippen LogP contribution in [0.25, 0.3) is 0 Å². The minimum atomic E-state index is -4.61. The topological polar surface area (TPSA) is 177 Å². The molecule has 2 aromatic heterocycles. The van der Waals surface area contributed by atoms with Gasteiger partial charge in [-0.1, -0.05) is 37.6 Å². The van der Waals surface area contributed by atoms with Crippen LogP contribution in [0.4, 0.5) is 36.6 Å². The van der Waals surface area contributed by atoms with E-state index in [4.69, 9.17) is 16.3 Å². The van der Waals surface area contributed by atoms with Crippen molar-refractivity contribution >= 4 is 52.7 Å². The normalized spacial score (nSPS) is 13.6. The van der Waals surface area contributed by atoms with Crippen molar-refractivity contribution in [1.29, 1.82) is 0 Å². The lowest BCUT2D eigenvalue weighted by Gasteiger charge is -2.25. The SMILES string of the molecule is Cn1cnc(NC(=O)C(=O)NCC(C)(C)CNC(=O)c2ccc(Nc3nc(NC4(c5ccc(Cl)cc5)CC4)nc(OCC(F)(F)F)n3)cc2)c1. The second-order valence-electron chi connectivity index (χ2n) is 12.5. The van der Waals surface area contributed by atoms with Gasteiger partial charge in [0.25, 0.3) is 5.91 Å². The van der Waals surface area contributed by atoms with E-state index < -0.39 is 47.5 Å². The van der Waals surface area contributed by atoms with Crippen LogP contribution in [-0.4, -0.2) is 68.1 Å². The lowest BCUT2D eigenvalue weighted by molar-refractivity contribution is -0.154. The van der Waals surface area contributed by atoms with Crippen LogP contribution in [0.5, 0.6) is 6.01 Å². The molecule has 5 N–H and O–H groups in total. The molecule has 1 aliphatic rings. The lowest BCUT2D eigenvalue weighted by atomic mass is 9.93. The fraction of sp³-hybridized carbons (Fsp3) is 0.344. The van der Waals surface area contributed by atoms with E-state index in [1.165, 1.54) is 18.5 Å². The van der Waals surface area contributed by atoms with Crippen LogP contribution in [0.1, 0.15) is 42.6 Å². The van der Waals surface area contributed by atoms with E-state index in [2.05, 4.69) is 46.5 Å². The van der Waals surface area contributed by atoms with Gasteiger partial charge < -0.3 is 35.9 Å². The molecule has 264 valence electrons. The van der Waals surface area contributed by atoms with Crippen LogP contribution < -0.4 is 31.3 Å². The number of carbonyl (C=O) groups excluding carboxylic acids is 3. The van der Waals surface area contributed by atoms with Gasteiger partial charge in [-0.15, -0.1) is 0 Å². The van der Waals surface area contributed by atoms with Crippen LogP contribution in [0.15, 0.2) is 61.1 Å². The fourth-order valence-electron chi connectivity index (χ4n) is 4.64. The van der Waals surface area contributed by atoms with Crippen molar-refractivity contribution < 1.29 is 32.3 Å². The summed E-state index contributed by atoms with van der Waals surface area (Å²) in [4.78, 5) is 53.6. The highest BCUT2D eigenvalue weighted by atomic mass is 35.5. The lowest BCUT2D eigenvalue weighted by Crippen LogP contribution is -2.45. The Kier molecular flexibility index (Phi) is 10.4. The Labute approximate surface area is 289 Å². The molecule has 14 nitrogen and oxygen atoms in total. The van der Waals surface area contributed by atoms with Crippen molar-refractivity contribution in [2.75, 3.05) is 35.6 Å². The first-order valence-corrected chi connectivity index (χ1v) is 15.7. The molecule has 1 aliphatic carbocycles. The van der Waals surface area contributed by atoms with Gasteiger partial charge in [-0.05, 0) is 60.2 Å². The predicted molar refractivity (Wildman–Crippen MR) is 178 cm³/mol. The zero-order valence-corrected chi connectivity index (χ0v) is 27.9. The molecule has 0 unspecified atom stereocenters. The number of aryl methyl sites for hydroxylation is 1. The Morgan fingerprint density at radius 2 is 1.58 bits per heavy atom. The van der Waals surface area contributed by atoms with Crippen molar-refractivity contribution in [3.05, 3.63) is 77.2 Å². The second kappa shape index (κ2) is 14.6. The predicted octanol–water partition coefficient (Wildman–Crippen LogP) is 4.56. The van der Waals surface area contributed by atoms with Gasteiger partial charge in [0.2, 0.25) is 11.9 Å². The highest BCUT2D eigenvalue weighted by Crippen LogP contribution is 2.48. The number of hydrogen-bond acceptors (Lipinski definition) is 10. The average molecular weight is 715 g/mol. The fourth-order valence-corrected chi connectivity index (χ4v) is 4.77. The number of carbonyl (C=O) groups is 3. The van der Waals surface area contributed by atoms with E-state index in [-0.39, 0.29) is 30.8 Å². The average Bonchev–Trinajstić information content (AvgIpc) is 3.73. The summed E-state index contributed by atoms with van der Waals surface area (Å²) >= 11 is 6.02. The molecule has 0 atom stereocenters. The van der Waals surface area contributed by atoms with Crippen LogP contribution in [0, 0.1) is 5.41 Å². The molecular weight excluding hydrogens is 681 g/mol. The van der Waals surface area contributed by atoms with Crippen molar-refractivity contribution in [2.45, 2.75) is 38.4 Å². The zero-order chi connectivity index (χ0) is 36.1. The Morgan fingerprint density at radius 3 is 2.20 bits per heavy atom. The number of halogens is 4. The van der Waals surface area contributed by atoms with E-state index >= 15 is 0 Å². The second-order valence-corrected chi connectivity index (χ2v) is 12.9. The van der Waals surface area contributed by atoms with Gasteiger partial charge in [0.15, 0.2) is 12.4 Å². The summed E-state index contributed by atoms with van der Waals surface area (Å²) in [6, 6.07) is 12.9. The highest BCUT2D eigenvalue weighted by molar-refractivity contribution is 6.39. The van der Waals surface area contributed by atoms with Crippen molar-refractivity contribution in [1.82, 2.24) is 35.1 Å². The number of aromatic nitrogens is 5. The highest BCUT2D eigenvalue weighted by Gasteiger charge is 2.45. The Hall–Kier alpha value is -5.45. The largest absolute Gasteiger partial charge is 0.454 e. The van der Waals surface area contributed by atoms with E-state index in [0.717, 1.165) is 18.4 Å². The van der Waals surface area contributed by atoms with E-state index in [9.17, 15) is 27.6 Å². The molecule has 0 radical (unpaired) electrons. The van der Waals surface area contributed by atoms with Gasteiger partial charge in [-0.3, -0.25) is 14.4 Å². The number of nitrogens with one attached hydrogen (secondary N) is 5. The number of hydrogen-bond donors (Lipinski definition) is 5. The van der Waals surface area contributed by atoms with Gasteiger partial charge in [-0.25, -0.2) is 4.98 Å².